The molecule has 31 heavy (non-hydrogen) atoms. The highest BCUT2D eigenvalue weighted by molar-refractivity contribution is 7.89. The van der Waals surface area contributed by atoms with E-state index in [2.05, 4.69) is 10.4 Å². The number of carbonyl (C=O) groups is 1. The van der Waals surface area contributed by atoms with Crippen LogP contribution in [0.15, 0.2) is 34.1 Å². The minimum Gasteiger partial charge on any atom is -0.324 e. The van der Waals surface area contributed by atoms with Gasteiger partial charge in [-0.1, -0.05) is 13.8 Å². The third kappa shape index (κ3) is 5.14. The number of nitrogens with one attached hydrogen (secondary N) is 1. The van der Waals surface area contributed by atoms with Gasteiger partial charge in [0.15, 0.2) is 0 Å². The summed E-state index contributed by atoms with van der Waals surface area (Å²) in [6.07, 6.45) is 0. The Morgan fingerprint density at radius 2 is 1.55 bits per heavy atom. The SMILES string of the molecule is CCN(CC)S(=O)(=O)c1ccc(NC(=O)Cn2nc(C)c(S(=O)(=O)N(C)C)c2C)cc1. The lowest BCUT2D eigenvalue weighted by Gasteiger charge is -2.18. The van der Waals surface area contributed by atoms with Crippen molar-refractivity contribution in [1.82, 2.24) is 18.4 Å². The van der Waals surface area contributed by atoms with E-state index in [-0.39, 0.29) is 16.3 Å². The number of aryl methyl sites for hydroxylation is 1. The number of aromatic nitrogens is 2. The number of hydrogen-bond donors (Lipinski definition) is 1. The quantitative estimate of drug-likeness (QED) is 0.590. The number of sulfonamides is 2. The van der Waals surface area contributed by atoms with Gasteiger partial charge in [0.25, 0.3) is 0 Å². The molecule has 0 atom stereocenters. The van der Waals surface area contributed by atoms with E-state index in [0.717, 1.165) is 4.31 Å². The smallest absolute Gasteiger partial charge is 0.246 e. The van der Waals surface area contributed by atoms with E-state index in [1.807, 2.05) is 0 Å². The van der Waals surface area contributed by atoms with E-state index in [1.165, 1.54) is 47.3 Å². The molecule has 0 radical (unpaired) electrons. The van der Waals surface area contributed by atoms with Crippen molar-refractivity contribution in [2.45, 2.75) is 44.0 Å². The lowest BCUT2D eigenvalue weighted by atomic mass is 10.3. The normalized spacial score (nSPS) is 12.5. The van der Waals surface area contributed by atoms with Gasteiger partial charge in [-0.2, -0.15) is 9.40 Å². The van der Waals surface area contributed by atoms with E-state index in [0.29, 0.717) is 30.2 Å². The van der Waals surface area contributed by atoms with E-state index >= 15 is 0 Å². The molecule has 0 saturated heterocycles. The third-order valence-electron chi connectivity index (χ3n) is 4.83. The first kappa shape index (κ1) is 25.0. The van der Waals surface area contributed by atoms with Crippen molar-refractivity contribution in [3.8, 4) is 0 Å². The molecule has 1 amide bonds. The van der Waals surface area contributed by atoms with Crippen molar-refractivity contribution in [3.05, 3.63) is 35.7 Å². The molecule has 0 saturated carbocycles. The summed E-state index contributed by atoms with van der Waals surface area (Å²) in [7, 11) is -4.40. The zero-order valence-corrected chi connectivity index (χ0v) is 20.2. The summed E-state index contributed by atoms with van der Waals surface area (Å²) in [5.74, 6) is -0.418. The highest BCUT2D eigenvalue weighted by atomic mass is 32.2. The van der Waals surface area contributed by atoms with E-state index < -0.39 is 26.0 Å². The van der Waals surface area contributed by atoms with Crippen molar-refractivity contribution in [3.63, 3.8) is 0 Å². The first-order valence-electron chi connectivity index (χ1n) is 9.72. The molecule has 0 unspecified atom stereocenters. The first-order valence-corrected chi connectivity index (χ1v) is 12.6. The molecule has 1 aromatic carbocycles. The van der Waals surface area contributed by atoms with E-state index in [4.69, 9.17) is 0 Å². The number of hydrogen-bond acceptors (Lipinski definition) is 6. The maximum Gasteiger partial charge on any atom is 0.246 e. The molecule has 1 aromatic heterocycles. The lowest BCUT2D eigenvalue weighted by Crippen LogP contribution is -2.30. The fourth-order valence-electron chi connectivity index (χ4n) is 3.15. The van der Waals surface area contributed by atoms with Crippen molar-refractivity contribution in [1.29, 1.82) is 0 Å². The maximum absolute atomic E-state index is 12.5. The van der Waals surface area contributed by atoms with Crippen LogP contribution in [0, 0.1) is 13.8 Å². The second-order valence-corrected chi connectivity index (χ2v) is 11.1. The highest BCUT2D eigenvalue weighted by Crippen LogP contribution is 2.22. The van der Waals surface area contributed by atoms with Crippen LogP contribution in [0.1, 0.15) is 25.2 Å². The molecule has 0 aliphatic carbocycles. The van der Waals surface area contributed by atoms with Gasteiger partial charge in [0.2, 0.25) is 26.0 Å². The number of carbonyl (C=O) groups excluding carboxylic acids is 1. The monoisotopic (exact) mass is 471 g/mol. The molecule has 0 spiro atoms. The fourth-order valence-corrected chi connectivity index (χ4v) is 5.87. The average Bonchev–Trinajstić information content (AvgIpc) is 2.96. The summed E-state index contributed by atoms with van der Waals surface area (Å²) in [6.45, 7) is 7.25. The summed E-state index contributed by atoms with van der Waals surface area (Å²) in [4.78, 5) is 12.7. The minimum atomic E-state index is -3.69. The highest BCUT2D eigenvalue weighted by Gasteiger charge is 2.27. The molecule has 0 aliphatic heterocycles. The summed E-state index contributed by atoms with van der Waals surface area (Å²) >= 11 is 0. The number of anilines is 1. The number of rotatable bonds is 9. The number of nitrogens with zero attached hydrogens (tertiary/aromatic N) is 4. The third-order valence-corrected chi connectivity index (χ3v) is 8.96. The Labute approximate surface area is 183 Å². The predicted molar refractivity (Wildman–Crippen MR) is 118 cm³/mol. The largest absolute Gasteiger partial charge is 0.324 e. The molecule has 1 heterocycles. The minimum absolute atomic E-state index is 0.0799. The Morgan fingerprint density at radius 1 is 1.00 bits per heavy atom. The first-order chi connectivity index (χ1) is 14.4. The van der Waals surface area contributed by atoms with Gasteiger partial charge in [-0.25, -0.2) is 21.1 Å². The molecule has 0 fully saturated rings. The van der Waals surface area contributed by atoms with Gasteiger partial charge in [-0.3, -0.25) is 9.48 Å². The van der Waals surface area contributed by atoms with Gasteiger partial charge < -0.3 is 5.32 Å². The Bertz CT molecular complexity index is 1150. The molecule has 12 heteroatoms. The van der Waals surface area contributed by atoms with Gasteiger partial charge in [-0.05, 0) is 38.1 Å². The fraction of sp³-hybridized carbons (Fsp3) is 0.474. The molecule has 1 N–H and O–H groups in total. The number of amides is 1. The van der Waals surface area contributed by atoms with Crippen molar-refractivity contribution in [2.75, 3.05) is 32.5 Å². The van der Waals surface area contributed by atoms with E-state index in [9.17, 15) is 21.6 Å². The van der Waals surface area contributed by atoms with Crippen LogP contribution in [0.4, 0.5) is 5.69 Å². The molecule has 2 aromatic rings. The van der Waals surface area contributed by atoms with Gasteiger partial charge in [0, 0.05) is 32.9 Å². The van der Waals surface area contributed by atoms with Crippen molar-refractivity contribution < 1.29 is 21.6 Å². The van der Waals surface area contributed by atoms with Crippen LogP contribution >= 0.6 is 0 Å². The van der Waals surface area contributed by atoms with Crippen LogP contribution in [0.2, 0.25) is 0 Å². The molecule has 0 bridgehead atoms. The topological polar surface area (TPSA) is 122 Å². The van der Waals surface area contributed by atoms with Crippen LogP contribution in [0.25, 0.3) is 0 Å². The molecular formula is C19H29N5O5S2. The lowest BCUT2D eigenvalue weighted by molar-refractivity contribution is -0.116. The summed E-state index contributed by atoms with van der Waals surface area (Å²) in [5.41, 5.74) is 1.10. The van der Waals surface area contributed by atoms with Crippen LogP contribution in [0.5, 0.6) is 0 Å². The average molecular weight is 472 g/mol. The van der Waals surface area contributed by atoms with Crippen LogP contribution in [-0.4, -0.2) is 68.3 Å². The van der Waals surface area contributed by atoms with Crippen LogP contribution < -0.4 is 5.32 Å². The molecule has 172 valence electrons. The van der Waals surface area contributed by atoms with Crippen LogP contribution in [-0.2, 0) is 31.4 Å². The molecular weight excluding hydrogens is 442 g/mol. The Hall–Kier alpha value is -2.28. The number of benzene rings is 1. The van der Waals surface area contributed by atoms with Gasteiger partial charge >= 0.3 is 0 Å². The zero-order chi connectivity index (χ0) is 23.6. The standard InChI is InChI=1S/C19H29N5O5S2/c1-7-23(8-2)30(26,27)17-11-9-16(10-12-17)20-18(25)13-24-15(4)19(14(3)21-24)31(28,29)22(5)6/h9-12H,7-8,13H2,1-6H3,(H,20,25). The summed E-state index contributed by atoms with van der Waals surface area (Å²) < 4.78 is 53.8. The Morgan fingerprint density at radius 3 is 2.03 bits per heavy atom. The molecule has 0 aliphatic rings. The zero-order valence-electron chi connectivity index (χ0n) is 18.6. The molecule has 2 rings (SSSR count). The summed E-state index contributed by atoms with van der Waals surface area (Å²) in [5, 5.41) is 6.87. The van der Waals surface area contributed by atoms with Crippen molar-refractivity contribution >= 4 is 31.6 Å². The summed E-state index contributed by atoms with van der Waals surface area (Å²) in [6, 6.07) is 5.90. The van der Waals surface area contributed by atoms with Crippen LogP contribution in [0.3, 0.4) is 0 Å². The van der Waals surface area contributed by atoms with Crippen molar-refractivity contribution in [2.24, 2.45) is 0 Å². The molecule has 10 nitrogen and oxygen atoms in total. The van der Waals surface area contributed by atoms with E-state index in [1.54, 1.807) is 27.7 Å². The Kier molecular flexibility index (Phi) is 7.63. The van der Waals surface area contributed by atoms with Gasteiger partial charge in [-0.15, -0.1) is 0 Å². The maximum atomic E-state index is 12.5. The Balaban J connectivity index is 2.18. The second-order valence-electron chi connectivity index (χ2n) is 7.11. The van der Waals surface area contributed by atoms with Gasteiger partial charge in [0.1, 0.15) is 11.4 Å². The second kappa shape index (κ2) is 9.47. The predicted octanol–water partition coefficient (Wildman–Crippen LogP) is 1.42. The van der Waals surface area contributed by atoms with Gasteiger partial charge in [0.05, 0.1) is 16.3 Å².